The molecule has 1 aromatic heterocycles. The lowest BCUT2D eigenvalue weighted by atomic mass is 10.0. The number of anilines is 1. The number of pyridine rings is 1. The van der Waals surface area contributed by atoms with Gasteiger partial charge in [0.1, 0.15) is 17.6 Å². The normalized spacial score (nSPS) is 11.5. The number of aliphatic carboxylic acids is 1. The number of aromatic nitrogens is 1. The molecule has 1 unspecified atom stereocenters. The van der Waals surface area contributed by atoms with Crippen LogP contribution >= 0.6 is 0 Å². The van der Waals surface area contributed by atoms with Gasteiger partial charge in [0.25, 0.3) is 11.8 Å². The van der Waals surface area contributed by atoms with Crippen molar-refractivity contribution >= 4 is 29.3 Å². The Morgan fingerprint density at radius 2 is 1.50 bits per heavy atom. The van der Waals surface area contributed by atoms with Crippen molar-refractivity contribution in [1.82, 2.24) is 15.8 Å². The Hall–Kier alpha value is -5.34. The molecule has 7 N–H and O–H groups in total. The number of alkyl halides is 3. The summed E-state index contributed by atoms with van der Waals surface area (Å²) in [6.07, 6.45) is -3.79. The fourth-order valence-electron chi connectivity index (χ4n) is 3.37. The molecule has 1 heterocycles. The zero-order valence-electron chi connectivity index (χ0n) is 24.2. The number of carbonyl (C=O) groups excluding carboxylic acids is 2. The standard InChI is InChI=1S/C27H32N6O4.C2HF3O2/c1-16(2)36-22-13-10-19(15-23(22)37-17(3)4)24(31-20-11-8-18(9-12-20)25(28)29)27(35)33-32-26(34)21-7-5-6-14-30-21;3-2(4,5)1(6)7/h5-17,24,31H,1-4H3,(H3,28,29)(H,32,34)(H,33,35);(H,6,7). The molecule has 0 fully saturated rings. The first-order valence-electron chi connectivity index (χ1n) is 13.1. The van der Waals surface area contributed by atoms with Crippen molar-refractivity contribution in [1.29, 1.82) is 5.41 Å². The number of hydrogen-bond acceptors (Lipinski definition) is 8. The minimum atomic E-state index is -5.08. The van der Waals surface area contributed by atoms with Gasteiger partial charge in [-0.3, -0.25) is 30.8 Å². The summed E-state index contributed by atoms with van der Waals surface area (Å²) in [6, 6.07) is 16.0. The Labute approximate surface area is 251 Å². The molecule has 0 saturated carbocycles. The fourth-order valence-corrected chi connectivity index (χ4v) is 3.37. The van der Waals surface area contributed by atoms with Crippen molar-refractivity contribution in [2.24, 2.45) is 5.73 Å². The summed E-state index contributed by atoms with van der Waals surface area (Å²) in [5.74, 6) is -2.84. The number of benzene rings is 2. The van der Waals surface area contributed by atoms with Gasteiger partial charge >= 0.3 is 12.1 Å². The lowest BCUT2D eigenvalue weighted by Gasteiger charge is -2.23. The molecule has 15 heteroatoms. The number of amides is 2. The van der Waals surface area contributed by atoms with E-state index in [4.69, 9.17) is 30.5 Å². The van der Waals surface area contributed by atoms with Crippen LogP contribution in [0.25, 0.3) is 0 Å². The Morgan fingerprint density at radius 1 is 0.909 bits per heavy atom. The summed E-state index contributed by atoms with van der Waals surface area (Å²) in [6.45, 7) is 7.63. The molecule has 0 radical (unpaired) electrons. The molecule has 0 aliphatic rings. The summed E-state index contributed by atoms with van der Waals surface area (Å²) in [5, 5.41) is 17.9. The van der Waals surface area contributed by atoms with Gasteiger partial charge in [0, 0.05) is 17.4 Å². The van der Waals surface area contributed by atoms with E-state index in [1.807, 2.05) is 27.7 Å². The van der Waals surface area contributed by atoms with Crippen molar-refractivity contribution in [3.63, 3.8) is 0 Å². The Kier molecular flexibility index (Phi) is 12.5. The highest BCUT2D eigenvalue weighted by molar-refractivity contribution is 5.96. The van der Waals surface area contributed by atoms with E-state index in [-0.39, 0.29) is 23.7 Å². The van der Waals surface area contributed by atoms with E-state index in [9.17, 15) is 22.8 Å². The van der Waals surface area contributed by atoms with Crippen LogP contribution in [-0.2, 0) is 9.59 Å². The number of nitrogens with one attached hydrogen (secondary N) is 4. The fraction of sp³-hybridized carbons (Fsp3) is 0.276. The number of nitrogen functional groups attached to an aromatic ring is 1. The average Bonchev–Trinajstić information content (AvgIpc) is 2.95. The number of halogens is 3. The zero-order chi connectivity index (χ0) is 33.0. The molecule has 2 aromatic carbocycles. The molecule has 0 saturated heterocycles. The zero-order valence-corrected chi connectivity index (χ0v) is 24.2. The third kappa shape index (κ3) is 11.2. The Balaban J connectivity index is 0.000000860. The van der Waals surface area contributed by atoms with Gasteiger partial charge in [-0.1, -0.05) is 12.1 Å². The van der Waals surface area contributed by atoms with E-state index < -0.39 is 30.0 Å². The molecule has 0 bridgehead atoms. The number of amidine groups is 1. The van der Waals surface area contributed by atoms with E-state index in [1.165, 1.54) is 12.3 Å². The second-order valence-electron chi connectivity index (χ2n) is 9.57. The van der Waals surface area contributed by atoms with Gasteiger partial charge < -0.3 is 25.6 Å². The van der Waals surface area contributed by atoms with Crippen molar-refractivity contribution in [3.8, 4) is 11.5 Å². The predicted molar refractivity (Wildman–Crippen MR) is 155 cm³/mol. The van der Waals surface area contributed by atoms with E-state index in [0.29, 0.717) is 28.3 Å². The maximum Gasteiger partial charge on any atom is 0.490 e. The van der Waals surface area contributed by atoms with E-state index in [2.05, 4.69) is 21.2 Å². The van der Waals surface area contributed by atoms with Crippen LogP contribution in [0.1, 0.15) is 55.4 Å². The summed E-state index contributed by atoms with van der Waals surface area (Å²) < 4.78 is 43.6. The van der Waals surface area contributed by atoms with Crippen molar-refractivity contribution in [3.05, 3.63) is 83.7 Å². The second kappa shape index (κ2) is 15.8. The van der Waals surface area contributed by atoms with Gasteiger partial charge in [0.2, 0.25) is 0 Å². The third-order valence-electron chi connectivity index (χ3n) is 5.23. The summed E-state index contributed by atoms with van der Waals surface area (Å²) in [4.78, 5) is 38.6. The van der Waals surface area contributed by atoms with Crippen LogP contribution in [0, 0.1) is 5.41 Å². The second-order valence-corrected chi connectivity index (χ2v) is 9.57. The largest absolute Gasteiger partial charge is 0.490 e. The van der Waals surface area contributed by atoms with E-state index >= 15 is 0 Å². The smallest absolute Gasteiger partial charge is 0.487 e. The molecule has 0 aliphatic carbocycles. The molecule has 2 amide bonds. The molecule has 12 nitrogen and oxygen atoms in total. The summed E-state index contributed by atoms with van der Waals surface area (Å²) >= 11 is 0. The topological polar surface area (TPSA) is 189 Å². The average molecular weight is 619 g/mol. The van der Waals surface area contributed by atoms with Gasteiger partial charge in [0.05, 0.1) is 12.2 Å². The number of nitrogens with two attached hydrogens (primary N) is 1. The number of carboxylic acid groups (broad SMARTS) is 1. The van der Waals surface area contributed by atoms with Crippen LogP contribution in [0.5, 0.6) is 11.5 Å². The first-order valence-corrected chi connectivity index (χ1v) is 13.1. The lowest BCUT2D eigenvalue weighted by Crippen LogP contribution is -2.45. The highest BCUT2D eigenvalue weighted by Crippen LogP contribution is 2.33. The number of carbonyl (C=O) groups is 3. The SMILES string of the molecule is CC(C)Oc1ccc(C(Nc2ccc(C(=N)N)cc2)C(=O)NNC(=O)c2ccccn2)cc1OC(C)C.O=C(O)C(F)(F)F. The number of hydrogen-bond donors (Lipinski definition) is 6. The monoisotopic (exact) mass is 618 g/mol. The number of ether oxygens (including phenoxy) is 2. The first-order chi connectivity index (χ1) is 20.6. The van der Waals surface area contributed by atoms with Gasteiger partial charge in [-0.15, -0.1) is 0 Å². The molecule has 236 valence electrons. The van der Waals surface area contributed by atoms with Crippen LogP contribution in [0.4, 0.5) is 18.9 Å². The van der Waals surface area contributed by atoms with Crippen LogP contribution in [-0.4, -0.2) is 52.1 Å². The van der Waals surface area contributed by atoms with Crippen LogP contribution < -0.4 is 31.4 Å². The number of hydrazine groups is 1. The maximum atomic E-state index is 13.3. The van der Waals surface area contributed by atoms with Crippen LogP contribution in [0.3, 0.4) is 0 Å². The number of nitrogens with zero attached hydrogens (tertiary/aromatic N) is 1. The van der Waals surface area contributed by atoms with Crippen molar-refractivity contribution in [2.75, 3.05) is 5.32 Å². The molecule has 3 aromatic rings. The molecule has 0 spiro atoms. The van der Waals surface area contributed by atoms with Gasteiger partial charge in [0.15, 0.2) is 11.5 Å². The molecule has 0 aliphatic heterocycles. The third-order valence-corrected chi connectivity index (χ3v) is 5.23. The molecular formula is C29H33F3N6O6. The Bertz CT molecular complexity index is 1430. The van der Waals surface area contributed by atoms with E-state index in [0.717, 1.165) is 0 Å². The highest BCUT2D eigenvalue weighted by atomic mass is 19.4. The predicted octanol–water partition coefficient (Wildman–Crippen LogP) is 4.19. The van der Waals surface area contributed by atoms with Crippen molar-refractivity contribution in [2.45, 2.75) is 52.1 Å². The van der Waals surface area contributed by atoms with Gasteiger partial charge in [-0.05, 0) is 81.8 Å². The minimum Gasteiger partial charge on any atom is -0.487 e. The maximum absolute atomic E-state index is 13.3. The molecular weight excluding hydrogens is 585 g/mol. The van der Waals surface area contributed by atoms with E-state index in [1.54, 1.807) is 54.6 Å². The van der Waals surface area contributed by atoms with Crippen molar-refractivity contribution < 1.29 is 42.1 Å². The summed E-state index contributed by atoms with van der Waals surface area (Å²) in [5.41, 5.74) is 12.3. The quantitative estimate of drug-likeness (QED) is 0.110. The number of carboxylic acids is 1. The molecule has 1 atom stereocenters. The van der Waals surface area contributed by atoms with Crippen LogP contribution in [0.15, 0.2) is 66.9 Å². The van der Waals surface area contributed by atoms with Crippen LogP contribution in [0.2, 0.25) is 0 Å². The Morgan fingerprint density at radius 3 is 2.00 bits per heavy atom. The van der Waals surface area contributed by atoms with Gasteiger partial charge in [-0.25, -0.2) is 4.79 Å². The minimum absolute atomic E-state index is 0.0608. The summed E-state index contributed by atoms with van der Waals surface area (Å²) in [7, 11) is 0. The highest BCUT2D eigenvalue weighted by Gasteiger charge is 2.38. The van der Waals surface area contributed by atoms with Gasteiger partial charge in [-0.2, -0.15) is 13.2 Å². The lowest BCUT2D eigenvalue weighted by molar-refractivity contribution is -0.192. The molecule has 44 heavy (non-hydrogen) atoms. The number of rotatable bonds is 10. The molecule has 3 rings (SSSR count). The first kappa shape index (κ1) is 34.9.